The monoisotopic (exact) mass is 301 g/mol. The van der Waals surface area contributed by atoms with Crippen LogP contribution in [0.1, 0.15) is 27.7 Å². The molecular formula is C16H39N5. The minimum absolute atomic E-state index is 0.562. The average molecular weight is 302 g/mol. The second-order valence-corrected chi connectivity index (χ2v) is 6.87. The van der Waals surface area contributed by atoms with Crippen molar-refractivity contribution in [3.05, 3.63) is 0 Å². The molecule has 0 aromatic carbocycles. The lowest BCUT2D eigenvalue weighted by Crippen LogP contribution is -2.37. The molecule has 0 saturated carbocycles. The summed E-state index contributed by atoms with van der Waals surface area (Å²) in [6, 6.07) is 0. The fourth-order valence-corrected chi connectivity index (χ4v) is 2.04. The molecule has 0 fully saturated rings. The van der Waals surface area contributed by atoms with Crippen molar-refractivity contribution in [1.29, 1.82) is 0 Å². The van der Waals surface area contributed by atoms with Gasteiger partial charge in [0.05, 0.1) is 0 Å². The molecule has 4 unspecified atom stereocenters. The molecule has 7 N–H and O–H groups in total. The molecule has 0 rings (SSSR count). The van der Waals surface area contributed by atoms with Crippen LogP contribution in [-0.4, -0.2) is 52.4 Å². The lowest BCUT2D eigenvalue weighted by Gasteiger charge is -2.18. The molecule has 0 aliphatic heterocycles. The van der Waals surface area contributed by atoms with E-state index in [1.165, 1.54) is 0 Å². The molecule has 0 bridgehead atoms. The Balaban J connectivity index is 3.46. The van der Waals surface area contributed by atoms with Gasteiger partial charge >= 0.3 is 0 Å². The standard InChI is InChI=1S/C16H39N5/c1-13(5-17)7-19-9-15(3)11-21-12-16(4)10-20-8-14(2)6-18/h13-16,19-21H,5-12,17-18H2,1-4H3. The normalized spacial score (nSPS) is 17.4. The van der Waals surface area contributed by atoms with Crippen molar-refractivity contribution in [3.63, 3.8) is 0 Å². The van der Waals surface area contributed by atoms with E-state index in [2.05, 4.69) is 43.6 Å². The Hall–Kier alpha value is -0.200. The van der Waals surface area contributed by atoms with Crippen molar-refractivity contribution in [1.82, 2.24) is 16.0 Å². The molecule has 0 aliphatic rings. The van der Waals surface area contributed by atoms with Crippen LogP contribution in [0.5, 0.6) is 0 Å². The Labute approximate surface area is 132 Å². The molecule has 5 heteroatoms. The summed E-state index contributed by atoms with van der Waals surface area (Å²) in [4.78, 5) is 0. The maximum Gasteiger partial charge on any atom is -0.00109 e. The van der Waals surface area contributed by atoms with Crippen molar-refractivity contribution in [2.75, 3.05) is 52.4 Å². The highest BCUT2D eigenvalue weighted by atomic mass is 14.9. The van der Waals surface area contributed by atoms with Crippen LogP contribution in [0.15, 0.2) is 0 Å². The summed E-state index contributed by atoms with van der Waals surface area (Å²) < 4.78 is 0. The number of hydrogen-bond donors (Lipinski definition) is 5. The Bertz CT molecular complexity index is 203. The highest BCUT2D eigenvalue weighted by molar-refractivity contribution is 4.66. The van der Waals surface area contributed by atoms with Crippen LogP contribution in [0, 0.1) is 23.7 Å². The highest BCUT2D eigenvalue weighted by Crippen LogP contribution is 1.95. The molecule has 0 aromatic rings. The molecular weight excluding hydrogens is 262 g/mol. The number of nitrogens with one attached hydrogen (secondary N) is 3. The lowest BCUT2D eigenvalue weighted by atomic mass is 10.1. The van der Waals surface area contributed by atoms with Crippen LogP contribution in [0.3, 0.4) is 0 Å². The van der Waals surface area contributed by atoms with E-state index in [1.807, 2.05) is 0 Å². The molecule has 0 heterocycles. The van der Waals surface area contributed by atoms with E-state index < -0.39 is 0 Å². The smallest absolute Gasteiger partial charge is 0.00109 e. The van der Waals surface area contributed by atoms with Gasteiger partial charge in [0.2, 0.25) is 0 Å². The van der Waals surface area contributed by atoms with Gasteiger partial charge in [0.15, 0.2) is 0 Å². The van der Waals surface area contributed by atoms with Crippen LogP contribution >= 0.6 is 0 Å². The summed E-state index contributed by atoms with van der Waals surface area (Å²) in [7, 11) is 0. The van der Waals surface area contributed by atoms with Gasteiger partial charge in [-0.2, -0.15) is 0 Å². The minimum Gasteiger partial charge on any atom is -0.330 e. The SMILES string of the molecule is CC(CN)CNCC(C)CNCC(C)CNCC(C)CN. The zero-order valence-corrected chi connectivity index (χ0v) is 14.6. The molecule has 0 spiro atoms. The van der Waals surface area contributed by atoms with Gasteiger partial charge in [0.25, 0.3) is 0 Å². The third-order valence-corrected chi connectivity index (χ3v) is 3.76. The average Bonchev–Trinajstić information content (AvgIpc) is 2.46. The third-order valence-electron chi connectivity index (χ3n) is 3.76. The Kier molecular flexibility index (Phi) is 13.3. The third kappa shape index (κ3) is 13.2. The Morgan fingerprint density at radius 3 is 1.00 bits per heavy atom. The predicted molar refractivity (Wildman–Crippen MR) is 93.4 cm³/mol. The van der Waals surface area contributed by atoms with Gasteiger partial charge in [-0.1, -0.05) is 27.7 Å². The van der Waals surface area contributed by atoms with Crippen molar-refractivity contribution < 1.29 is 0 Å². The van der Waals surface area contributed by atoms with Crippen LogP contribution in [-0.2, 0) is 0 Å². The minimum atomic E-state index is 0.562. The zero-order valence-electron chi connectivity index (χ0n) is 14.6. The fraction of sp³-hybridized carbons (Fsp3) is 1.00. The fourth-order valence-electron chi connectivity index (χ4n) is 2.04. The first kappa shape index (κ1) is 20.8. The molecule has 4 atom stereocenters. The van der Waals surface area contributed by atoms with E-state index in [1.54, 1.807) is 0 Å². The highest BCUT2D eigenvalue weighted by Gasteiger charge is 2.06. The summed E-state index contributed by atoms with van der Waals surface area (Å²) in [5, 5.41) is 10.5. The zero-order chi connectivity index (χ0) is 16.1. The molecule has 0 aliphatic carbocycles. The van der Waals surface area contributed by atoms with Gasteiger partial charge in [0, 0.05) is 0 Å². The molecule has 21 heavy (non-hydrogen) atoms. The largest absolute Gasteiger partial charge is 0.330 e. The molecule has 0 saturated heterocycles. The van der Waals surface area contributed by atoms with Crippen LogP contribution in [0.4, 0.5) is 0 Å². The number of rotatable bonds is 14. The van der Waals surface area contributed by atoms with Gasteiger partial charge in [-0.05, 0) is 76.0 Å². The van der Waals surface area contributed by atoms with Crippen LogP contribution < -0.4 is 27.4 Å². The Morgan fingerprint density at radius 1 is 0.524 bits per heavy atom. The number of hydrogen-bond acceptors (Lipinski definition) is 5. The van der Waals surface area contributed by atoms with E-state index in [0.29, 0.717) is 23.7 Å². The van der Waals surface area contributed by atoms with E-state index in [-0.39, 0.29) is 0 Å². The van der Waals surface area contributed by atoms with Crippen LogP contribution in [0.25, 0.3) is 0 Å². The first-order chi connectivity index (χ1) is 9.99. The maximum atomic E-state index is 5.60. The summed E-state index contributed by atoms with van der Waals surface area (Å²) in [5.41, 5.74) is 11.2. The van der Waals surface area contributed by atoms with Crippen molar-refractivity contribution in [3.8, 4) is 0 Å². The first-order valence-corrected chi connectivity index (χ1v) is 8.51. The van der Waals surface area contributed by atoms with Crippen LogP contribution in [0.2, 0.25) is 0 Å². The summed E-state index contributed by atoms with van der Waals surface area (Å²) in [5.74, 6) is 2.42. The van der Waals surface area contributed by atoms with Gasteiger partial charge < -0.3 is 27.4 Å². The van der Waals surface area contributed by atoms with E-state index in [9.17, 15) is 0 Å². The van der Waals surface area contributed by atoms with Gasteiger partial charge in [-0.25, -0.2) is 0 Å². The van der Waals surface area contributed by atoms with E-state index in [0.717, 1.165) is 52.4 Å². The molecule has 0 radical (unpaired) electrons. The topological polar surface area (TPSA) is 88.1 Å². The Morgan fingerprint density at radius 2 is 0.762 bits per heavy atom. The van der Waals surface area contributed by atoms with Crippen molar-refractivity contribution >= 4 is 0 Å². The summed E-state index contributed by atoms with van der Waals surface area (Å²) >= 11 is 0. The second kappa shape index (κ2) is 13.5. The second-order valence-electron chi connectivity index (χ2n) is 6.87. The van der Waals surface area contributed by atoms with E-state index >= 15 is 0 Å². The van der Waals surface area contributed by atoms with Gasteiger partial charge in [0.1, 0.15) is 0 Å². The van der Waals surface area contributed by atoms with Gasteiger partial charge in [-0.3, -0.25) is 0 Å². The van der Waals surface area contributed by atoms with Crippen molar-refractivity contribution in [2.45, 2.75) is 27.7 Å². The molecule has 0 aromatic heterocycles. The molecule has 128 valence electrons. The quantitative estimate of drug-likeness (QED) is 0.317. The molecule has 0 amide bonds. The lowest BCUT2D eigenvalue weighted by molar-refractivity contribution is 0.406. The predicted octanol–water partition coefficient (Wildman–Crippen LogP) is 0.217. The first-order valence-electron chi connectivity index (χ1n) is 8.51. The summed E-state index contributed by atoms with van der Waals surface area (Å²) in [6.45, 7) is 16.7. The summed E-state index contributed by atoms with van der Waals surface area (Å²) in [6.07, 6.45) is 0. The van der Waals surface area contributed by atoms with Crippen molar-refractivity contribution in [2.24, 2.45) is 35.1 Å². The maximum absolute atomic E-state index is 5.60. The van der Waals surface area contributed by atoms with E-state index in [4.69, 9.17) is 11.5 Å². The van der Waals surface area contributed by atoms with Gasteiger partial charge in [-0.15, -0.1) is 0 Å². The molecule has 5 nitrogen and oxygen atoms in total. The number of nitrogens with two attached hydrogens (primary N) is 2.